The normalized spacial score (nSPS) is 12.1. The van der Waals surface area contributed by atoms with Gasteiger partial charge in [-0.15, -0.1) is 4.37 Å². The van der Waals surface area contributed by atoms with Crippen LogP contribution in [0.3, 0.4) is 0 Å². The van der Waals surface area contributed by atoms with Gasteiger partial charge in [-0.25, -0.2) is 4.79 Å². The summed E-state index contributed by atoms with van der Waals surface area (Å²) in [5.41, 5.74) is 0. The lowest BCUT2D eigenvalue weighted by Gasteiger charge is -2.20. The molecule has 0 saturated heterocycles. The van der Waals surface area contributed by atoms with Crippen molar-refractivity contribution < 1.29 is 14.3 Å². The maximum atomic E-state index is 12.3. The van der Waals surface area contributed by atoms with Crippen LogP contribution in [0.4, 0.5) is 9.93 Å². The van der Waals surface area contributed by atoms with Gasteiger partial charge in [0.05, 0.1) is 7.11 Å². The van der Waals surface area contributed by atoms with Crippen molar-refractivity contribution in [2.75, 3.05) is 19.0 Å². The van der Waals surface area contributed by atoms with Gasteiger partial charge in [-0.1, -0.05) is 27.7 Å². The summed E-state index contributed by atoms with van der Waals surface area (Å²) < 4.78 is 8.76. The van der Waals surface area contributed by atoms with E-state index in [-0.39, 0.29) is 17.8 Å². The third-order valence-electron chi connectivity index (χ3n) is 3.16. The first kappa shape index (κ1) is 20.1. The summed E-state index contributed by atoms with van der Waals surface area (Å²) in [5, 5.41) is 8.45. The molecule has 0 bridgehead atoms. The van der Waals surface area contributed by atoms with E-state index in [0.29, 0.717) is 24.0 Å². The largest absolute Gasteiger partial charge is 0.466 e. The van der Waals surface area contributed by atoms with Gasteiger partial charge in [-0.05, 0) is 24.7 Å². The molecule has 1 rings (SSSR count). The number of methoxy groups -OCH3 is 1. The van der Waals surface area contributed by atoms with Crippen LogP contribution in [0.5, 0.6) is 6.01 Å². The molecule has 1 aromatic heterocycles. The number of urea groups is 1. The van der Waals surface area contributed by atoms with E-state index in [1.54, 1.807) is 0 Å². The van der Waals surface area contributed by atoms with Crippen LogP contribution in [0.25, 0.3) is 0 Å². The Morgan fingerprint density at radius 3 is 2.46 bits per heavy atom. The summed E-state index contributed by atoms with van der Waals surface area (Å²) in [6.07, 6.45) is 1.46. The Morgan fingerprint density at radius 2 is 1.92 bits per heavy atom. The number of aromatic nitrogens is 2. The predicted octanol–water partition coefficient (Wildman–Crippen LogP) is 2.25. The molecule has 136 valence electrons. The minimum Gasteiger partial charge on any atom is -0.466 e. The highest BCUT2D eigenvalue weighted by molar-refractivity contribution is 7.10. The van der Waals surface area contributed by atoms with Crippen molar-refractivity contribution in [3.05, 3.63) is 0 Å². The molecule has 1 unspecified atom stereocenters. The van der Waals surface area contributed by atoms with Crippen molar-refractivity contribution in [3.8, 4) is 6.01 Å². The van der Waals surface area contributed by atoms with Crippen molar-refractivity contribution in [2.24, 2.45) is 11.8 Å². The van der Waals surface area contributed by atoms with Gasteiger partial charge in [0, 0.05) is 18.1 Å². The number of nitrogens with zero attached hydrogens (tertiary/aromatic N) is 2. The fourth-order valence-corrected chi connectivity index (χ4v) is 2.48. The highest BCUT2D eigenvalue weighted by Crippen LogP contribution is 2.15. The summed E-state index contributed by atoms with van der Waals surface area (Å²) in [6.45, 7) is 8.80. The van der Waals surface area contributed by atoms with Crippen LogP contribution in [0.1, 0.15) is 40.5 Å². The van der Waals surface area contributed by atoms with Crippen LogP contribution in [0, 0.1) is 11.8 Å². The van der Waals surface area contributed by atoms with Crippen molar-refractivity contribution in [2.45, 2.75) is 46.6 Å². The molecular weight excluding hydrogens is 330 g/mol. The topological polar surface area (TPSA) is 105 Å². The first-order valence-corrected chi connectivity index (χ1v) is 8.82. The minimum atomic E-state index is -0.591. The van der Waals surface area contributed by atoms with E-state index in [9.17, 15) is 9.59 Å². The van der Waals surface area contributed by atoms with Gasteiger partial charge in [0.1, 0.15) is 6.04 Å². The van der Waals surface area contributed by atoms with Gasteiger partial charge >= 0.3 is 12.0 Å². The second-order valence-electron chi connectivity index (χ2n) is 6.34. The Hall–Kier alpha value is -1.90. The Bertz CT molecular complexity index is 533. The van der Waals surface area contributed by atoms with E-state index in [0.717, 1.165) is 18.0 Å². The number of anilines is 1. The van der Waals surface area contributed by atoms with E-state index < -0.39 is 12.1 Å². The molecule has 8 nitrogen and oxygen atoms in total. The fraction of sp³-hybridized carbons (Fsp3) is 0.733. The predicted molar refractivity (Wildman–Crippen MR) is 94.3 cm³/mol. The molecule has 0 spiro atoms. The van der Waals surface area contributed by atoms with E-state index in [1.807, 2.05) is 13.8 Å². The molecule has 0 radical (unpaired) electrons. The van der Waals surface area contributed by atoms with Gasteiger partial charge in [0.15, 0.2) is 0 Å². The molecule has 0 aliphatic heterocycles. The molecule has 3 amide bonds. The third-order valence-corrected chi connectivity index (χ3v) is 3.77. The quantitative estimate of drug-likeness (QED) is 0.628. The Morgan fingerprint density at radius 1 is 1.21 bits per heavy atom. The van der Waals surface area contributed by atoms with Crippen LogP contribution in [-0.2, 0) is 4.79 Å². The average molecular weight is 357 g/mol. The number of ether oxygens (including phenoxy) is 1. The van der Waals surface area contributed by atoms with Crippen LogP contribution < -0.4 is 20.7 Å². The molecular formula is C15H27N5O3S. The smallest absolute Gasteiger partial charge is 0.329 e. The fourth-order valence-electron chi connectivity index (χ4n) is 1.95. The number of carbonyl (C=O) groups excluding carboxylic acids is 2. The Balaban J connectivity index is 2.56. The summed E-state index contributed by atoms with van der Waals surface area (Å²) in [6, 6.07) is -0.883. The van der Waals surface area contributed by atoms with Crippen molar-refractivity contribution in [1.82, 2.24) is 20.0 Å². The minimum absolute atomic E-state index is 0.172. The number of carbonyl (C=O) groups is 2. The maximum absolute atomic E-state index is 12.3. The third kappa shape index (κ3) is 7.58. The van der Waals surface area contributed by atoms with Crippen LogP contribution in [-0.4, -0.2) is 41.0 Å². The zero-order valence-corrected chi connectivity index (χ0v) is 15.7. The highest BCUT2D eigenvalue weighted by Gasteiger charge is 2.22. The molecule has 1 atom stereocenters. The molecule has 0 saturated carbocycles. The van der Waals surface area contributed by atoms with E-state index in [2.05, 4.69) is 39.2 Å². The first-order valence-electron chi connectivity index (χ1n) is 8.04. The lowest BCUT2D eigenvalue weighted by Crippen LogP contribution is -2.49. The summed E-state index contributed by atoms with van der Waals surface area (Å²) >= 11 is 1.01. The first-order chi connectivity index (χ1) is 11.3. The Labute approximate surface area is 146 Å². The molecule has 1 aromatic rings. The average Bonchev–Trinajstić information content (AvgIpc) is 2.93. The summed E-state index contributed by atoms with van der Waals surface area (Å²) in [5.74, 6) is 0.611. The molecule has 1 heterocycles. The number of rotatable bonds is 9. The molecule has 0 aliphatic rings. The molecule has 24 heavy (non-hydrogen) atoms. The second kappa shape index (κ2) is 10.1. The van der Waals surface area contributed by atoms with Gasteiger partial charge in [0.25, 0.3) is 0 Å². The van der Waals surface area contributed by atoms with Gasteiger partial charge in [-0.3, -0.25) is 10.1 Å². The van der Waals surface area contributed by atoms with Crippen LogP contribution in [0.15, 0.2) is 0 Å². The molecule has 9 heteroatoms. The number of amides is 3. The van der Waals surface area contributed by atoms with E-state index in [4.69, 9.17) is 4.74 Å². The summed E-state index contributed by atoms with van der Waals surface area (Å²) in [4.78, 5) is 28.3. The lowest BCUT2D eigenvalue weighted by molar-refractivity contribution is -0.123. The molecule has 0 aromatic carbocycles. The highest BCUT2D eigenvalue weighted by atomic mass is 32.1. The van der Waals surface area contributed by atoms with Gasteiger partial charge in [0.2, 0.25) is 11.0 Å². The van der Waals surface area contributed by atoms with Crippen LogP contribution >= 0.6 is 11.5 Å². The zero-order valence-electron chi connectivity index (χ0n) is 14.9. The number of hydrogen-bond acceptors (Lipinski definition) is 6. The second-order valence-corrected chi connectivity index (χ2v) is 7.09. The van der Waals surface area contributed by atoms with E-state index in [1.165, 1.54) is 7.11 Å². The standard InChI is InChI=1S/C15H27N5O3S/c1-9(2)6-7-16-12(21)11(8-10(3)4)17-13(22)18-15-19-14(23-5)20-24-15/h9-11H,6-8H2,1-5H3,(H,16,21)(H2,17,18,19,20,22). The molecule has 3 N–H and O–H groups in total. The number of nitrogens with one attached hydrogen (secondary N) is 3. The van der Waals surface area contributed by atoms with Gasteiger partial charge < -0.3 is 15.4 Å². The van der Waals surface area contributed by atoms with Gasteiger partial charge in [-0.2, -0.15) is 4.98 Å². The van der Waals surface area contributed by atoms with Crippen LogP contribution in [0.2, 0.25) is 0 Å². The van der Waals surface area contributed by atoms with Crippen molar-refractivity contribution in [3.63, 3.8) is 0 Å². The molecule has 0 fully saturated rings. The lowest BCUT2D eigenvalue weighted by atomic mass is 10.0. The van der Waals surface area contributed by atoms with E-state index >= 15 is 0 Å². The van der Waals surface area contributed by atoms with Crippen molar-refractivity contribution in [1.29, 1.82) is 0 Å². The zero-order chi connectivity index (χ0) is 18.1. The monoisotopic (exact) mass is 357 g/mol. The number of hydrogen-bond donors (Lipinski definition) is 3. The Kier molecular flexibility index (Phi) is 8.45. The maximum Gasteiger partial charge on any atom is 0.329 e. The summed E-state index contributed by atoms with van der Waals surface area (Å²) in [7, 11) is 1.45. The molecule has 0 aliphatic carbocycles. The van der Waals surface area contributed by atoms with Crippen molar-refractivity contribution >= 4 is 28.6 Å². The SMILES string of the molecule is COc1nsc(NC(=O)NC(CC(C)C)C(=O)NCCC(C)C)n1.